The lowest BCUT2D eigenvalue weighted by atomic mass is 10.1. The Balaban J connectivity index is 3.39. The molecule has 150 valence electrons. The van der Waals surface area contributed by atoms with Gasteiger partial charge in [-0.2, -0.15) is 5.26 Å². The van der Waals surface area contributed by atoms with E-state index in [0.717, 1.165) is 19.4 Å². The first-order chi connectivity index (χ1) is 13.0. The second kappa shape index (κ2) is 9.36. The van der Waals surface area contributed by atoms with Crippen LogP contribution in [0, 0.1) is 21.4 Å². The van der Waals surface area contributed by atoms with Gasteiger partial charge in [0.15, 0.2) is 11.3 Å². The number of carbonyl (C=O) groups excluding carboxylic acids is 2. The van der Waals surface area contributed by atoms with Crippen molar-refractivity contribution in [1.82, 2.24) is 0 Å². The van der Waals surface area contributed by atoms with Crippen LogP contribution in [0.3, 0.4) is 0 Å². The molecule has 0 spiro atoms. The predicted octanol–water partition coefficient (Wildman–Crippen LogP) is 2.94. The predicted molar refractivity (Wildman–Crippen MR) is 98.8 cm³/mol. The van der Waals surface area contributed by atoms with Gasteiger partial charge in [0, 0.05) is 18.3 Å². The summed E-state index contributed by atoms with van der Waals surface area (Å²) in [5.74, 6) is -1.81. The van der Waals surface area contributed by atoms with Crippen molar-refractivity contribution in [1.29, 1.82) is 5.26 Å². The molecule has 0 heterocycles. The third-order valence-electron chi connectivity index (χ3n) is 3.11. The van der Waals surface area contributed by atoms with E-state index in [0.29, 0.717) is 0 Å². The van der Waals surface area contributed by atoms with Crippen LogP contribution in [-0.2, 0) is 14.3 Å². The Morgan fingerprint density at radius 3 is 2.46 bits per heavy atom. The number of nitro benzene ring substituents is 1. The molecule has 1 aromatic carbocycles. The van der Waals surface area contributed by atoms with Crippen LogP contribution in [0.4, 0.5) is 11.4 Å². The van der Waals surface area contributed by atoms with Crippen molar-refractivity contribution in [3.8, 4) is 11.8 Å². The Morgan fingerprint density at radius 1 is 1.36 bits per heavy atom. The van der Waals surface area contributed by atoms with Crippen molar-refractivity contribution in [2.45, 2.75) is 33.3 Å². The fraction of sp³-hybridized carbons (Fsp3) is 0.389. The molecule has 0 unspecified atom stereocenters. The lowest BCUT2D eigenvalue weighted by Gasteiger charge is -2.19. The lowest BCUT2D eigenvalue weighted by Crippen LogP contribution is -2.24. The number of carbonyl (C=O) groups is 2. The number of nitro groups is 1. The van der Waals surface area contributed by atoms with E-state index in [1.54, 1.807) is 33.8 Å². The molecular weight excluding hydrogens is 370 g/mol. The number of nitrogens with zero attached hydrogens (tertiary/aromatic N) is 2. The zero-order valence-electron chi connectivity index (χ0n) is 16.2. The van der Waals surface area contributed by atoms with Crippen molar-refractivity contribution in [2.75, 3.05) is 19.0 Å². The van der Waals surface area contributed by atoms with Gasteiger partial charge in [0.25, 0.3) is 0 Å². The largest absolute Gasteiger partial charge is 0.487 e. The molecule has 0 fully saturated rings. The maximum atomic E-state index is 12.0. The number of nitriles is 1. The molecule has 0 atom stereocenters. The van der Waals surface area contributed by atoms with Crippen LogP contribution in [0.1, 0.15) is 38.1 Å². The average Bonchev–Trinajstić information content (AvgIpc) is 2.60. The minimum Gasteiger partial charge on any atom is -0.487 e. The highest BCUT2D eigenvalue weighted by Gasteiger charge is 2.24. The van der Waals surface area contributed by atoms with Crippen molar-refractivity contribution in [2.24, 2.45) is 0 Å². The van der Waals surface area contributed by atoms with Crippen molar-refractivity contribution in [3.63, 3.8) is 0 Å². The number of methoxy groups -OCH3 is 1. The van der Waals surface area contributed by atoms with Crippen molar-refractivity contribution < 1.29 is 28.7 Å². The quantitative estimate of drug-likeness (QED) is 0.244. The monoisotopic (exact) mass is 391 g/mol. The highest BCUT2D eigenvalue weighted by atomic mass is 16.6. The molecule has 1 N–H and O–H groups in total. The minimum atomic E-state index is -0.867. The molecular formula is C18H21N3O7. The number of hydrogen-bond acceptors (Lipinski definition) is 9. The van der Waals surface area contributed by atoms with Gasteiger partial charge in [-0.15, -0.1) is 0 Å². The number of nitrogens with one attached hydrogen (secondary N) is 1. The number of esters is 2. The van der Waals surface area contributed by atoms with Gasteiger partial charge in [0.1, 0.15) is 11.7 Å². The third-order valence-corrected chi connectivity index (χ3v) is 3.11. The molecule has 0 bridgehead atoms. The summed E-state index contributed by atoms with van der Waals surface area (Å²) in [7, 11) is 1.12. The summed E-state index contributed by atoms with van der Waals surface area (Å²) in [5, 5.41) is 23.1. The van der Waals surface area contributed by atoms with Gasteiger partial charge in [0.2, 0.25) is 0 Å². The molecule has 0 aliphatic rings. The van der Waals surface area contributed by atoms with Crippen molar-refractivity contribution >= 4 is 23.3 Å². The zero-order valence-corrected chi connectivity index (χ0v) is 16.2. The SMILES string of the molecule is CCOc1cc(N/C=C(/C#N)C(=O)OC(C)(C)C)c(C(=O)OC)cc1[N+](=O)[O-]. The van der Waals surface area contributed by atoms with E-state index in [1.165, 1.54) is 6.07 Å². The molecule has 0 aromatic heterocycles. The van der Waals surface area contributed by atoms with E-state index in [1.807, 2.05) is 0 Å². The number of benzene rings is 1. The summed E-state index contributed by atoms with van der Waals surface area (Å²) in [6.45, 7) is 6.73. The highest BCUT2D eigenvalue weighted by molar-refractivity contribution is 5.98. The fourth-order valence-electron chi connectivity index (χ4n) is 2.00. The number of hydrogen-bond donors (Lipinski definition) is 1. The van der Waals surface area contributed by atoms with E-state index in [4.69, 9.17) is 9.47 Å². The molecule has 0 saturated heterocycles. The number of ether oxygens (including phenoxy) is 3. The molecule has 10 nitrogen and oxygen atoms in total. The first-order valence-electron chi connectivity index (χ1n) is 8.17. The van der Waals surface area contributed by atoms with Crippen LogP contribution >= 0.6 is 0 Å². The second-order valence-electron chi connectivity index (χ2n) is 6.36. The number of anilines is 1. The first-order valence-corrected chi connectivity index (χ1v) is 8.17. The molecule has 0 aliphatic carbocycles. The molecule has 1 rings (SSSR count). The molecule has 10 heteroatoms. The fourth-order valence-corrected chi connectivity index (χ4v) is 2.00. The summed E-state index contributed by atoms with van der Waals surface area (Å²) < 4.78 is 15.0. The summed E-state index contributed by atoms with van der Waals surface area (Å²) in [6.07, 6.45) is 1.04. The summed E-state index contributed by atoms with van der Waals surface area (Å²) in [5.41, 5.74) is -1.71. The third kappa shape index (κ3) is 5.98. The van der Waals surface area contributed by atoms with Gasteiger partial charge in [0.05, 0.1) is 29.9 Å². The zero-order chi connectivity index (χ0) is 21.5. The Hall–Kier alpha value is -3.61. The van der Waals surface area contributed by atoms with Gasteiger partial charge in [-0.05, 0) is 27.7 Å². The smallest absolute Gasteiger partial charge is 0.350 e. The van der Waals surface area contributed by atoms with Crippen LogP contribution in [-0.4, -0.2) is 36.2 Å². The van der Waals surface area contributed by atoms with E-state index >= 15 is 0 Å². The maximum absolute atomic E-state index is 12.0. The normalized spacial score (nSPS) is 11.2. The molecule has 0 amide bonds. The summed E-state index contributed by atoms with van der Waals surface area (Å²) >= 11 is 0. The first kappa shape index (κ1) is 22.4. The van der Waals surface area contributed by atoms with Gasteiger partial charge >= 0.3 is 17.6 Å². The Morgan fingerprint density at radius 2 is 2.00 bits per heavy atom. The Bertz CT molecular complexity index is 848. The second-order valence-corrected chi connectivity index (χ2v) is 6.36. The average molecular weight is 391 g/mol. The molecule has 28 heavy (non-hydrogen) atoms. The standard InChI is InChI=1S/C18H21N3O7/c1-6-27-15-8-13(12(17(23)26-5)7-14(15)21(24)25)20-10-11(9-19)16(22)28-18(2,3)4/h7-8,10,20H,6H2,1-5H3/b11-10-. The van der Waals surface area contributed by atoms with Crippen LogP contribution in [0.2, 0.25) is 0 Å². The molecule has 0 radical (unpaired) electrons. The Kier molecular flexibility index (Phi) is 7.50. The van der Waals surface area contributed by atoms with Gasteiger partial charge in [-0.3, -0.25) is 10.1 Å². The van der Waals surface area contributed by atoms with Gasteiger partial charge < -0.3 is 19.5 Å². The lowest BCUT2D eigenvalue weighted by molar-refractivity contribution is -0.385. The van der Waals surface area contributed by atoms with E-state index in [2.05, 4.69) is 10.1 Å². The minimum absolute atomic E-state index is 0.0530. The van der Waals surface area contributed by atoms with Crippen LogP contribution in [0.25, 0.3) is 0 Å². The van der Waals surface area contributed by atoms with Gasteiger partial charge in [-0.25, -0.2) is 9.59 Å². The summed E-state index contributed by atoms with van der Waals surface area (Å²) in [6, 6.07) is 3.90. The molecule has 1 aromatic rings. The van der Waals surface area contributed by atoms with Crippen LogP contribution < -0.4 is 10.1 Å². The van der Waals surface area contributed by atoms with Crippen LogP contribution in [0.15, 0.2) is 23.9 Å². The molecule has 0 aliphatic heterocycles. The van der Waals surface area contributed by atoms with E-state index < -0.39 is 28.2 Å². The van der Waals surface area contributed by atoms with E-state index in [-0.39, 0.29) is 29.2 Å². The summed E-state index contributed by atoms with van der Waals surface area (Å²) in [4.78, 5) is 34.6. The van der Waals surface area contributed by atoms with E-state index in [9.17, 15) is 25.0 Å². The topological polar surface area (TPSA) is 141 Å². The van der Waals surface area contributed by atoms with Crippen LogP contribution in [0.5, 0.6) is 5.75 Å². The maximum Gasteiger partial charge on any atom is 0.350 e. The highest BCUT2D eigenvalue weighted by Crippen LogP contribution is 2.34. The molecule has 0 saturated carbocycles. The van der Waals surface area contributed by atoms with Gasteiger partial charge in [-0.1, -0.05) is 0 Å². The number of rotatable bonds is 7. The Labute approximate surface area is 161 Å². The van der Waals surface area contributed by atoms with Crippen molar-refractivity contribution in [3.05, 3.63) is 39.6 Å².